The largest absolute Gasteiger partial charge is 0.0996 e. The summed E-state index contributed by atoms with van der Waals surface area (Å²) in [6.45, 7) is 4.15. The predicted molar refractivity (Wildman–Crippen MR) is 46.2 cm³/mol. The molecule has 3 saturated carbocycles. The van der Waals surface area contributed by atoms with Crippen molar-refractivity contribution in [2.24, 2.45) is 23.7 Å². The van der Waals surface area contributed by atoms with Gasteiger partial charge in [0.25, 0.3) is 0 Å². The van der Waals surface area contributed by atoms with Crippen molar-refractivity contribution in [2.75, 3.05) is 0 Å². The van der Waals surface area contributed by atoms with Gasteiger partial charge in [-0.2, -0.15) is 0 Å². The zero-order chi connectivity index (χ0) is 7.42. The third-order valence-electron chi connectivity index (χ3n) is 4.14. The number of hydrogen-bond acceptors (Lipinski definition) is 0. The molecule has 3 atom stereocenters. The van der Waals surface area contributed by atoms with Crippen LogP contribution in [0, 0.1) is 23.7 Å². The van der Waals surface area contributed by atoms with E-state index in [2.05, 4.69) is 6.58 Å². The van der Waals surface area contributed by atoms with Crippen LogP contribution in [0.2, 0.25) is 0 Å². The van der Waals surface area contributed by atoms with E-state index in [9.17, 15) is 0 Å². The number of hydrogen-bond donors (Lipinski definition) is 0. The number of fused-ring (bicyclic) bond motifs is 1. The van der Waals surface area contributed by atoms with Gasteiger partial charge in [0, 0.05) is 0 Å². The molecule has 0 aliphatic heterocycles. The SMILES string of the molecule is C=C1CCC2C1CC2C1CC1. The van der Waals surface area contributed by atoms with Gasteiger partial charge < -0.3 is 0 Å². The van der Waals surface area contributed by atoms with Gasteiger partial charge in [-0.25, -0.2) is 0 Å². The summed E-state index contributed by atoms with van der Waals surface area (Å²) in [7, 11) is 0. The molecule has 60 valence electrons. The van der Waals surface area contributed by atoms with Crippen LogP contribution in [0.1, 0.15) is 32.1 Å². The van der Waals surface area contributed by atoms with Crippen LogP contribution in [0.4, 0.5) is 0 Å². The zero-order valence-electron chi connectivity index (χ0n) is 7.05. The molecular formula is C11H16. The van der Waals surface area contributed by atoms with Crippen molar-refractivity contribution >= 4 is 0 Å². The smallest absolute Gasteiger partial charge is 0.0172 e. The predicted octanol–water partition coefficient (Wildman–Crippen LogP) is 3.00. The molecule has 0 nitrogen and oxygen atoms in total. The highest BCUT2D eigenvalue weighted by atomic mass is 14.6. The van der Waals surface area contributed by atoms with E-state index in [4.69, 9.17) is 0 Å². The molecule has 3 aliphatic rings. The number of rotatable bonds is 1. The molecule has 3 fully saturated rings. The second-order valence-corrected chi connectivity index (χ2v) is 4.70. The van der Waals surface area contributed by atoms with E-state index in [1.807, 2.05) is 0 Å². The van der Waals surface area contributed by atoms with Crippen LogP contribution in [0.15, 0.2) is 12.2 Å². The lowest BCUT2D eigenvalue weighted by Crippen LogP contribution is -2.34. The maximum atomic E-state index is 4.15. The first-order valence-corrected chi connectivity index (χ1v) is 5.04. The Bertz CT molecular complexity index is 200. The molecule has 0 spiro atoms. The molecule has 0 saturated heterocycles. The summed E-state index contributed by atoms with van der Waals surface area (Å²) in [6.07, 6.45) is 7.41. The van der Waals surface area contributed by atoms with Crippen molar-refractivity contribution in [2.45, 2.75) is 32.1 Å². The minimum Gasteiger partial charge on any atom is -0.0996 e. The van der Waals surface area contributed by atoms with Gasteiger partial charge in [-0.05, 0) is 55.8 Å². The second-order valence-electron chi connectivity index (χ2n) is 4.70. The van der Waals surface area contributed by atoms with Gasteiger partial charge >= 0.3 is 0 Å². The van der Waals surface area contributed by atoms with Crippen LogP contribution in [0.25, 0.3) is 0 Å². The standard InChI is InChI=1S/C11H16/c1-7-2-5-9-10(7)6-11(9)8-3-4-8/h8-11H,1-6H2. The van der Waals surface area contributed by atoms with Crippen LogP contribution < -0.4 is 0 Å². The van der Waals surface area contributed by atoms with Crippen LogP contribution in [-0.4, -0.2) is 0 Å². The Morgan fingerprint density at radius 1 is 1.09 bits per heavy atom. The lowest BCUT2D eigenvalue weighted by molar-refractivity contribution is 0.102. The van der Waals surface area contributed by atoms with Crippen LogP contribution in [-0.2, 0) is 0 Å². The Morgan fingerprint density at radius 2 is 1.91 bits per heavy atom. The molecule has 0 aromatic rings. The van der Waals surface area contributed by atoms with Gasteiger partial charge in [-0.3, -0.25) is 0 Å². The molecule has 11 heavy (non-hydrogen) atoms. The van der Waals surface area contributed by atoms with Crippen molar-refractivity contribution in [3.05, 3.63) is 12.2 Å². The second kappa shape index (κ2) is 1.91. The topological polar surface area (TPSA) is 0 Å². The van der Waals surface area contributed by atoms with E-state index in [0.717, 1.165) is 23.7 Å². The Morgan fingerprint density at radius 3 is 2.55 bits per heavy atom. The molecule has 0 bridgehead atoms. The summed E-state index contributed by atoms with van der Waals surface area (Å²) in [5.74, 6) is 4.36. The molecule has 3 unspecified atom stereocenters. The first kappa shape index (κ1) is 6.28. The molecule has 0 aromatic carbocycles. The summed E-state index contributed by atoms with van der Waals surface area (Å²) >= 11 is 0. The van der Waals surface area contributed by atoms with Crippen LogP contribution in [0.5, 0.6) is 0 Å². The molecule has 3 rings (SSSR count). The van der Waals surface area contributed by atoms with Gasteiger partial charge in [0.2, 0.25) is 0 Å². The van der Waals surface area contributed by atoms with Crippen molar-refractivity contribution in [3.8, 4) is 0 Å². The number of allylic oxidation sites excluding steroid dienone is 1. The van der Waals surface area contributed by atoms with Gasteiger partial charge in [0.15, 0.2) is 0 Å². The highest BCUT2D eigenvalue weighted by Crippen LogP contribution is 2.60. The zero-order valence-corrected chi connectivity index (χ0v) is 7.05. The first-order chi connectivity index (χ1) is 5.36. The van der Waals surface area contributed by atoms with E-state index < -0.39 is 0 Å². The lowest BCUT2D eigenvalue weighted by atomic mass is 9.64. The molecule has 3 aliphatic carbocycles. The maximum Gasteiger partial charge on any atom is -0.0172 e. The average Bonchev–Trinajstić information content (AvgIpc) is 2.65. The monoisotopic (exact) mass is 148 g/mol. The van der Waals surface area contributed by atoms with Gasteiger partial charge in [-0.15, -0.1) is 0 Å². The normalized spacial score (nSPS) is 48.7. The highest BCUT2D eigenvalue weighted by molar-refractivity contribution is 5.17. The lowest BCUT2D eigenvalue weighted by Gasteiger charge is -2.41. The van der Waals surface area contributed by atoms with Crippen molar-refractivity contribution in [3.63, 3.8) is 0 Å². The molecule has 0 radical (unpaired) electrons. The Labute approximate surface area is 68.7 Å². The summed E-state index contributed by atoms with van der Waals surface area (Å²) in [6, 6.07) is 0. The van der Waals surface area contributed by atoms with E-state index in [0.29, 0.717) is 0 Å². The molecule has 0 heterocycles. The summed E-state index contributed by atoms with van der Waals surface area (Å²) < 4.78 is 0. The molecule has 0 aromatic heterocycles. The Hall–Kier alpha value is -0.260. The quantitative estimate of drug-likeness (QED) is 0.501. The van der Waals surface area contributed by atoms with Crippen molar-refractivity contribution in [1.82, 2.24) is 0 Å². The first-order valence-electron chi connectivity index (χ1n) is 5.04. The van der Waals surface area contributed by atoms with Crippen LogP contribution >= 0.6 is 0 Å². The summed E-state index contributed by atoms with van der Waals surface area (Å²) in [4.78, 5) is 0. The van der Waals surface area contributed by atoms with Gasteiger partial charge in [0.05, 0.1) is 0 Å². The third kappa shape index (κ3) is 0.758. The highest BCUT2D eigenvalue weighted by Gasteiger charge is 2.51. The van der Waals surface area contributed by atoms with E-state index >= 15 is 0 Å². The summed E-state index contributed by atoms with van der Waals surface area (Å²) in [5.41, 5.74) is 1.58. The van der Waals surface area contributed by atoms with Crippen molar-refractivity contribution < 1.29 is 0 Å². The minimum atomic E-state index is 0.973. The van der Waals surface area contributed by atoms with E-state index in [1.54, 1.807) is 18.4 Å². The molecular weight excluding hydrogens is 132 g/mol. The fourth-order valence-corrected chi connectivity index (χ4v) is 3.23. The Kier molecular flexibility index (Phi) is 1.09. The molecule has 0 heteroatoms. The third-order valence-corrected chi connectivity index (χ3v) is 4.14. The molecule has 0 N–H and O–H groups in total. The van der Waals surface area contributed by atoms with E-state index in [1.165, 1.54) is 19.3 Å². The van der Waals surface area contributed by atoms with Gasteiger partial charge in [0.1, 0.15) is 0 Å². The Balaban J connectivity index is 1.73. The fraction of sp³-hybridized carbons (Fsp3) is 0.818. The fourth-order valence-electron chi connectivity index (χ4n) is 3.23. The van der Waals surface area contributed by atoms with Crippen molar-refractivity contribution in [1.29, 1.82) is 0 Å². The van der Waals surface area contributed by atoms with Gasteiger partial charge in [-0.1, -0.05) is 12.2 Å². The summed E-state index contributed by atoms with van der Waals surface area (Å²) in [5, 5.41) is 0. The average molecular weight is 148 g/mol. The molecule has 0 amide bonds. The van der Waals surface area contributed by atoms with E-state index in [-0.39, 0.29) is 0 Å². The maximum absolute atomic E-state index is 4.15. The minimum absolute atomic E-state index is 0.973. The van der Waals surface area contributed by atoms with Crippen LogP contribution in [0.3, 0.4) is 0 Å².